The Morgan fingerprint density at radius 3 is 2.78 bits per heavy atom. The van der Waals surface area contributed by atoms with Gasteiger partial charge in [-0.25, -0.2) is 0 Å². The lowest BCUT2D eigenvalue weighted by Crippen LogP contribution is -2.39. The molecule has 1 saturated heterocycles. The van der Waals surface area contributed by atoms with E-state index in [-0.39, 0.29) is 5.92 Å². The molecular formula is C14H20N2O2. The van der Waals surface area contributed by atoms with E-state index in [0.717, 1.165) is 26.1 Å². The van der Waals surface area contributed by atoms with Gasteiger partial charge in [0.2, 0.25) is 0 Å². The highest BCUT2D eigenvalue weighted by Gasteiger charge is 2.31. The van der Waals surface area contributed by atoms with Crippen LogP contribution in [-0.4, -0.2) is 35.1 Å². The second-order valence-corrected chi connectivity index (χ2v) is 5.13. The van der Waals surface area contributed by atoms with Gasteiger partial charge in [0.05, 0.1) is 0 Å². The van der Waals surface area contributed by atoms with Crippen LogP contribution in [0.5, 0.6) is 0 Å². The predicted molar refractivity (Wildman–Crippen MR) is 70.2 cm³/mol. The SMILES string of the molecule is Cc1ccc(CN2CCC(C(N)C(=O)O)C2)cc1. The van der Waals surface area contributed by atoms with Crippen molar-refractivity contribution in [3.05, 3.63) is 35.4 Å². The highest BCUT2D eigenvalue weighted by molar-refractivity contribution is 5.73. The molecule has 0 spiro atoms. The number of hydrogen-bond acceptors (Lipinski definition) is 3. The zero-order chi connectivity index (χ0) is 13.1. The van der Waals surface area contributed by atoms with E-state index in [1.807, 2.05) is 0 Å². The minimum Gasteiger partial charge on any atom is -0.480 e. The number of nitrogens with zero attached hydrogens (tertiary/aromatic N) is 1. The molecule has 3 N–H and O–H groups in total. The molecule has 0 aromatic heterocycles. The molecule has 2 unspecified atom stereocenters. The number of nitrogens with two attached hydrogens (primary N) is 1. The number of carboxylic acid groups (broad SMARTS) is 1. The van der Waals surface area contributed by atoms with Gasteiger partial charge in [-0.15, -0.1) is 0 Å². The number of aryl methyl sites for hydroxylation is 1. The minimum atomic E-state index is -0.891. The quantitative estimate of drug-likeness (QED) is 0.841. The molecule has 98 valence electrons. The van der Waals surface area contributed by atoms with Crippen molar-refractivity contribution in [2.24, 2.45) is 11.7 Å². The summed E-state index contributed by atoms with van der Waals surface area (Å²) in [5.41, 5.74) is 8.20. The van der Waals surface area contributed by atoms with E-state index >= 15 is 0 Å². The molecule has 0 bridgehead atoms. The number of benzene rings is 1. The van der Waals surface area contributed by atoms with Gasteiger partial charge >= 0.3 is 5.97 Å². The lowest BCUT2D eigenvalue weighted by molar-refractivity contribution is -0.139. The number of rotatable bonds is 4. The third-order valence-corrected chi connectivity index (χ3v) is 3.63. The van der Waals surface area contributed by atoms with Crippen molar-refractivity contribution >= 4 is 5.97 Å². The molecule has 4 nitrogen and oxygen atoms in total. The first-order valence-electron chi connectivity index (χ1n) is 6.32. The van der Waals surface area contributed by atoms with Gasteiger partial charge in [-0.3, -0.25) is 9.69 Å². The Morgan fingerprint density at radius 1 is 1.50 bits per heavy atom. The Labute approximate surface area is 107 Å². The molecule has 0 amide bonds. The van der Waals surface area contributed by atoms with Gasteiger partial charge in [0, 0.05) is 13.1 Å². The summed E-state index contributed by atoms with van der Waals surface area (Å²) in [5.74, 6) is -0.815. The van der Waals surface area contributed by atoms with E-state index in [1.54, 1.807) is 0 Å². The van der Waals surface area contributed by atoms with Crippen molar-refractivity contribution in [1.82, 2.24) is 4.90 Å². The maximum Gasteiger partial charge on any atom is 0.320 e. The topological polar surface area (TPSA) is 66.6 Å². The molecule has 0 aliphatic carbocycles. The third kappa shape index (κ3) is 3.09. The summed E-state index contributed by atoms with van der Waals surface area (Å²) in [7, 11) is 0. The molecular weight excluding hydrogens is 228 g/mol. The number of aliphatic carboxylic acids is 1. The third-order valence-electron chi connectivity index (χ3n) is 3.63. The van der Waals surface area contributed by atoms with Gasteiger partial charge in [0.15, 0.2) is 0 Å². The molecule has 1 aromatic carbocycles. The maximum atomic E-state index is 10.8. The van der Waals surface area contributed by atoms with Crippen LogP contribution in [0.4, 0.5) is 0 Å². The molecule has 2 rings (SSSR count). The Bertz CT molecular complexity index is 416. The molecule has 1 heterocycles. The monoisotopic (exact) mass is 248 g/mol. The van der Waals surface area contributed by atoms with Crippen molar-refractivity contribution in [2.45, 2.75) is 25.9 Å². The lowest BCUT2D eigenvalue weighted by Gasteiger charge is -2.18. The Balaban J connectivity index is 1.89. The van der Waals surface area contributed by atoms with Crippen LogP contribution >= 0.6 is 0 Å². The van der Waals surface area contributed by atoms with Crippen molar-refractivity contribution in [3.63, 3.8) is 0 Å². The van der Waals surface area contributed by atoms with Gasteiger partial charge in [-0.05, 0) is 31.4 Å². The lowest BCUT2D eigenvalue weighted by atomic mass is 10.0. The average molecular weight is 248 g/mol. The standard InChI is InChI=1S/C14H20N2O2/c1-10-2-4-11(5-3-10)8-16-7-6-12(9-16)13(15)14(17)18/h2-5,12-13H,6-9,15H2,1H3,(H,17,18). The summed E-state index contributed by atoms with van der Waals surface area (Å²) < 4.78 is 0. The summed E-state index contributed by atoms with van der Waals surface area (Å²) in [6, 6.07) is 7.73. The van der Waals surface area contributed by atoms with Crippen molar-refractivity contribution < 1.29 is 9.90 Å². The first-order chi connectivity index (χ1) is 8.56. The van der Waals surface area contributed by atoms with Gasteiger partial charge in [-0.2, -0.15) is 0 Å². The number of carboxylic acids is 1. The van der Waals surface area contributed by atoms with Gasteiger partial charge in [0.25, 0.3) is 0 Å². The average Bonchev–Trinajstić information content (AvgIpc) is 2.79. The molecule has 1 aliphatic heterocycles. The zero-order valence-corrected chi connectivity index (χ0v) is 10.7. The summed E-state index contributed by atoms with van der Waals surface area (Å²) in [5, 5.41) is 8.91. The summed E-state index contributed by atoms with van der Waals surface area (Å²) in [6.07, 6.45) is 0.874. The van der Waals surface area contributed by atoms with Crippen LogP contribution in [0.3, 0.4) is 0 Å². The Kier molecular flexibility index (Phi) is 3.99. The Hall–Kier alpha value is -1.39. The van der Waals surface area contributed by atoms with Crippen LogP contribution in [0.2, 0.25) is 0 Å². The van der Waals surface area contributed by atoms with E-state index in [0.29, 0.717) is 0 Å². The number of carbonyl (C=O) groups is 1. The number of likely N-dealkylation sites (tertiary alicyclic amines) is 1. The van der Waals surface area contributed by atoms with Crippen LogP contribution in [0.15, 0.2) is 24.3 Å². The summed E-state index contributed by atoms with van der Waals surface area (Å²) in [6.45, 7) is 4.66. The largest absolute Gasteiger partial charge is 0.480 e. The predicted octanol–water partition coefficient (Wildman–Crippen LogP) is 1.23. The molecule has 0 saturated carbocycles. The van der Waals surface area contributed by atoms with Crippen LogP contribution in [0.1, 0.15) is 17.5 Å². The highest BCUT2D eigenvalue weighted by Crippen LogP contribution is 2.21. The van der Waals surface area contributed by atoms with E-state index in [4.69, 9.17) is 10.8 Å². The molecule has 1 fully saturated rings. The fraction of sp³-hybridized carbons (Fsp3) is 0.500. The van der Waals surface area contributed by atoms with E-state index < -0.39 is 12.0 Å². The Morgan fingerprint density at radius 2 is 2.17 bits per heavy atom. The van der Waals surface area contributed by atoms with Crippen LogP contribution in [0, 0.1) is 12.8 Å². The fourth-order valence-corrected chi connectivity index (χ4v) is 2.45. The fourth-order valence-electron chi connectivity index (χ4n) is 2.45. The smallest absolute Gasteiger partial charge is 0.320 e. The first kappa shape index (κ1) is 13.1. The van der Waals surface area contributed by atoms with E-state index in [9.17, 15) is 4.79 Å². The highest BCUT2D eigenvalue weighted by atomic mass is 16.4. The molecule has 1 aromatic rings. The zero-order valence-electron chi connectivity index (χ0n) is 10.7. The van der Waals surface area contributed by atoms with Gasteiger partial charge in [0.1, 0.15) is 6.04 Å². The molecule has 4 heteroatoms. The van der Waals surface area contributed by atoms with E-state index in [2.05, 4.69) is 36.1 Å². The van der Waals surface area contributed by atoms with Crippen molar-refractivity contribution in [2.75, 3.05) is 13.1 Å². The van der Waals surface area contributed by atoms with Crippen LogP contribution in [0.25, 0.3) is 0 Å². The van der Waals surface area contributed by atoms with Gasteiger partial charge < -0.3 is 10.8 Å². The second-order valence-electron chi connectivity index (χ2n) is 5.13. The minimum absolute atomic E-state index is 0.0768. The normalized spacial score (nSPS) is 22.0. The second kappa shape index (κ2) is 5.50. The van der Waals surface area contributed by atoms with Crippen molar-refractivity contribution in [3.8, 4) is 0 Å². The van der Waals surface area contributed by atoms with Gasteiger partial charge in [-0.1, -0.05) is 29.8 Å². The van der Waals surface area contributed by atoms with Crippen LogP contribution in [-0.2, 0) is 11.3 Å². The number of hydrogen-bond donors (Lipinski definition) is 2. The molecule has 18 heavy (non-hydrogen) atoms. The summed E-state index contributed by atoms with van der Waals surface area (Å²) >= 11 is 0. The molecule has 1 aliphatic rings. The summed E-state index contributed by atoms with van der Waals surface area (Å²) in [4.78, 5) is 13.1. The van der Waals surface area contributed by atoms with Crippen molar-refractivity contribution in [1.29, 1.82) is 0 Å². The van der Waals surface area contributed by atoms with E-state index in [1.165, 1.54) is 11.1 Å². The maximum absolute atomic E-state index is 10.8. The molecule has 0 radical (unpaired) electrons. The molecule has 2 atom stereocenters. The van der Waals surface area contributed by atoms with Crippen LogP contribution < -0.4 is 5.73 Å². The first-order valence-corrected chi connectivity index (χ1v) is 6.32.